The molecule has 226 valence electrons. The first-order valence-electron chi connectivity index (χ1n) is 14.8. The number of likely N-dealkylation sites (tertiary alicyclic amines) is 1. The summed E-state index contributed by atoms with van der Waals surface area (Å²) in [5.74, 6) is 2.19. The molecule has 0 bridgehead atoms. The summed E-state index contributed by atoms with van der Waals surface area (Å²) in [6.45, 7) is 9.61. The van der Waals surface area contributed by atoms with Crippen LogP contribution in [-0.2, 0) is 12.0 Å². The number of benzene rings is 3. The highest BCUT2D eigenvalue weighted by Gasteiger charge is 2.21. The van der Waals surface area contributed by atoms with Gasteiger partial charge in [-0.2, -0.15) is 0 Å². The number of nitrogens with one attached hydrogen (secondary N) is 2. The van der Waals surface area contributed by atoms with Crippen molar-refractivity contribution in [3.05, 3.63) is 89.2 Å². The van der Waals surface area contributed by atoms with E-state index in [9.17, 15) is 4.79 Å². The molecule has 8 nitrogen and oxygen atoms in total. The van der Waals surface area contributed by atoms with Crippen molar-refractivity contribution in [1.29, 1.82) is 0 Å². The Morgan fingerprint density at radius 3 is 2.41 bits per heavy atom. The van der Waals surface area contributed by atoms with Crippen molar-refractivity contribution in [2.75, 3.05) is 30.8 Å². The highest BCUT2D eigenvalue weighted by Crippen LogP contribution is 2.43. The molecular weight excluding hydrogens is 570 g/mol. The SMILES string of the molecule is COc1c(Nc2nc(C=O)cs2)cc(C(C)(C)C)cc1Nc1ccc(Oc2ccnc(CN3CCCC3)c2)c2ccccc12. The molecule has 0 unspecified atom stereocenters. The predicted octanol–water partition coefficient (Wildman–Crippen LogP) is 8.69. The first kappa shape index (κ1) is 29.6. The summed E-state index contributed by atoms with van der Waals surface area (Å²) in [4.78, 5) is 22.6. The molecule has 0 atom stereocenters. The maximum absolute atomic E-state index is 11.2. The normalized spacial score (nSPS) is 13.6. The minimum Gasteiger partial charge on any atom is -0.492 e. The number of hydrogen-bond acceptors (Lipinski definition) is 9. The molecular formula is C35H37N5O3S. The van der Waals surface area contributed by atoms with E-state index < -0.39 is 0 Å². The summed E-state index contributed by atoms with van der Waals surface area (Å²) in [6, 6.07) is 20.4. The standard InChI is InChI=1S/C35H37N5O3S/c1-35(2,3)23-17-30(33(42-4)31(18-23)39-34-37-25(21-41)22-44-34)38-29-11-12-32(28-10-6-5-9-27(28)29)43-26-13-14-36-24(19-26)20-40-15-7-8-16-40/h5-6,9-14,17-19,21-22,38H,7-8,15-16,20H2,1-4H3,(H,37,39). The van der Waals surface area contributed by atoms with Crippen LogP contribution in [0.5, 0.6) is 17.2 Å². The molecule has 6 rings (SSSR count). The first-order valence-corrected chi connectivity index (χ1v) is 15.7. The fourth-order valence-electron chi connectivity index (χ4n) is 5.50. The lowest BCUT2D eigenvalue weighted by Crippen LogP contribution is -2.18. The number of aldehydes is 1. The van der Waals surface area contributed by atoms with Gasteiger partial charge in [0, 0.05) is 40.6 Å². The van der Waals surface area contributed by atoms with E-state index >= 15 is 0 Å². The number of nitrogens with zero attached hydrogens (tertiary/aromatic N) is 3. The van der Waals surface area contributed by atoms with Crippen LogP contribution in [0.15, 0.2) is 72.2 Å². The van der Waals surface area contributed by atoms with E-state index in [1.807, 2.05) is 42.6 Å². The van der Waals surface area contributed by atoms with Crippen molar-refractivity contribution in [2.24, 2.45) is 0 Å². The highest BCUT2D eigenvalue weighted by atomic mass is 32.1. The predicted molar refractivity (Wildman–Crippen MR) is 179 cm³/mol. The average Bonchev–Trinajstić information content (AvgIpc) is 3.70. The lowest BCUT2D eigenvalue weighted by molar-refractivity contribution is 0.111. The number of methoxy groups -OCH3 is 1. The van der Waals surface area contributed by atoms with E-state index in [4.69, 9.17) is 9.47 Å². The summed E-state index contributed by atoms with van der Waals surface area (Å²) in [7, 11) is 1.66. The first-order chi connectivity index (χ1) is 21.3. The van der Waals surface area contributed by atoms with Gasteiger partial charge in [0.05, 0.1) is 24.2 Å². The zero-order valence-electron chi connectivity index (χ0n) is 25.5. The largest absolute Gasteiger partial charge is 0.492 e. The third-order valence-corrected chi connectivity index (χ3v) is 8.57. The summed E-state index contributed by atoms with van der Waals surface area (Å²) < 4.78 is 12.4. The third-order valence-electron chi connectivity index (χ3n) is 7.80. The zero-order chi connectivity index (χ0) is 30.7. The minimum atomic E-state index is -0.131. The van der Waals surface area contributed by atoms with Crippen molar-refractivity contribution in [1.82, 2.24) is 14.9 Å². The van der Waals surface area contributed by atoms with Gasteiger partial charge in [0.25, 0.3) is 0 Å². The number of hydrogen-bond donors (Lipinski definition) is 2. The van der Waals surface area contributed by atoms with Gasteiger partial charge >= 0.3 is 0 Å². The summed E-state index contributed by atoms with van der Waals surface area (Å²) in [6.07, 6.45) is 5.07. The zero-order valence-corrected chi connectivity index (χ0v) is 26.3. The second kappa shape index (κ2) is 12.6. The number of carbonyl (C=O) groups excluding carboxylic acids is 1. The molecule has 0 saturated carbocycles. The van der Waals surface area contributed by atoms with Gasteiger partial charge in [-0.3, -0.25) is 14.7 Å². The maximum Gasteiger partial charge on any atom is 0.187 e. The molecule has 0 radical (unpaired) electrons. The van der Waals surface area contributed by atoms with Crippen LogP contribution in [0.2, 0.25) is 0 Å². The van der Waals surface area contributed by atoms with Crippen LogP contribution in [-0.4, -0.2) is 41.4 Å². The van der Waals surface area contributed by atoms with E-state index in [-0.39, 0.29) is 5.41 Å². The monoisotopic (exact) mass is 607 g/mol. The molecule has 1 aliphatic heterocycles. The fourth-order valence-corrected chi connectivity index (χ4v) is 6.17. The summed E-state index contributed by atoms with van der Waals surface area (Å²) >= 11 is 1.37. The Kier molecular flexibility index (Phi) is 8.50. The van der Waals surface area contributed by atoms with Crippen LogP contribution in [0.4, 0.5) is 22.2 Å². The Labute approximate surface area is 262 Å². The van der Waals surface area contributed by atoms with E-state index in [2.05, 4.69) is 70.5 Å². The van der Waals surface area contributed by atoms with Gasteiger partial charge < -0.3 is 20.1 Å². The molecule has 0 aliphatic carbocycles. The van der Waals surface area contributed by atoms with Crippen LogP contribution in [0.1, 0.15) is 55.4 Å². The molecule has 0 amide bonds. The van der Waals surface area contributed by atoms with Crippen molar-refractivity contribution >= 4 is 50.6 Å². The van der Waals surface area contributed by atoms with Crippen LogP contribution < -0.4 is 20.1 Å². The molecule has 1 fully saturated rings. The lowest BCUT2D eigenvalue weighted by Gasteiger charge is -2.24. The smallest absolute Gasteiger partial charge is 0.187 e. The molecule has 9 heteroatoms. The van der Waals surface area contributed by atoms with Crippen molar-refractivity contribution in [3.63, 3.8) is 0 Å². The van der Waals surface area contributed by atoms with Gasteiger partial charge in [0.2, 0.25) is 0 Å². The molecule has 44 heavy (non-hydrogen) atoms. The van der Waals surface area contributed by atoms with E-state index in [1.165, 1.54) is 24.2 Å². The Bertz CT molecular complexity index is 1790. The Morgan fingerprint density at radius 2 is 1.70 bits per heavy atom. The van der Waals surface area contributed by atoms with Crippen LogP contribution in [0.25, 0.3) is 10.8 Å². The van der Waals surface area contributed by atoms with Gasteiger partial charge in [-0.1, -0.05) is 45.0 Å². The Morgan fingerprint density at radius 1 is 0.955 bits per heavy atom. The van der Waals surface area contributed by atoms with E-state index in [1.54, 1.807) is 12.5 Å². The third kappa shape index (κ3) is 6.54. The maximum atomic E-state index is 11.2. The molecule has 5 aromatic rings. The van der Waals surface area contributed by atoms with Crippen LogP contribution in [0, 0.1) is 0 Å². The van der Waals surface area contributed by atoms with E-state index in [0.29, 0.717) is 16.6 Å². The van der Waals surface area contributed by atoms with Crippen molar-refractivity contribution in [3.8, 4) is 17.2 Å². The van der Waals surface area contributed by atoms with E-state index in [0.717, 1.165) is 76.5 Å². The number of pyridine rings is 1. The number of carbonyl (C=O) groups is 1. The van der Waals surface area contributed by atoms with Gasteiger partial charge in [0.1, 0.15) is 17.2 Å². The molecule has 1 aliphatic rings. The molecule has 1 saturated heterocycles. The van der Waals surface area contributed by atoms with Gasteiger partial charge in [-0.15, -0.1) is 11.3 Å². The van der Waals surface area contributed by atoms with Gasteiger partial charge in [0.15, 0.2) is 17.2 Å². The Balaban J connectivity index is 1.33. The lowest BCUT2D eigenvalue weighted by atomic mass is 9.86. The molecule has 2 aromatic heterocycles. The van der Waals surface area contributed by atoms with Crippen molar-refractivity contribution < 1.29 is 14.3 Å². The molecule has 2 N–H and O–H groups in total. The Hall–Kier alpha value is -4.47. The second-order valence-electron chi connectivity index (χ2n) is 12.0. The molecule has 3 aromatic carbocycles. The summed E-state index contributed by atoms with van der Waals surface area (Å²) in [5, 5.41) is 11.4. The number of anilines is 4. The number of thiazole rings is 1. The average molecular weight is 608 g/mol. The summed E-state index contributed by atoms with van der Waals surface area (Å²) in [5.41, 5.74) is 4.89. The van der Waals surface area contributed by atoms with Crippen LogP contribution in [0.3, 0.4) is 0 Å². The topological polar surface area (TPSA) is 88.6 Å². The number of rotatable bonds is 10. The molecule has 0 spiro atoms. The number of ether oxygens (including phenoxy) is 2. The fraction of sp³-hybridized carbons (Fsp3) is 0.286. The quantitative estimate of drug-likeness (QED) is 0.153. The van der Waals surface area contributed by atoms with Gasteiger partial charge in [-0.05, 0) is 67.2 Å². The molecule has 3 heterocycles. The second-order valence-corrected chi connectivity index (χ2v) is 12.9. The minimum absolute atomic E-state index is 0.131. The van der Waals surface area contributed by atoms with Gasteiger partial charge in [-0.25, -0.2) is 4.98 Å². The number of fused-ring (bicyclic) bond motifs is 1. The van der Waals surface area contributed by atoms with Crippen LogP contribution >= 0.6 is 11.3 Å². The highest BCUT2D eigenvalue weighted by molar-refractivity contribution is 7.14. The number of aromatic nitrogens is 2. The van der Waals surface area contributed by atoms with Crippen molar-refractivity contribution in [2.45, 2.75) is 45.6 Å².